The normalized spacial score (nSPS) is 20.6. The molecule has 4 heteroatoms. The summed E-state index contributed by atoms with van der Waals surface area (Å²) in [7, 11) is 0. The first-order chi connectivity index (χ1) is 8.59. The summed E-state index contributed by atoms with van der Waals surface area (Å²) in [5.41, 5.74) is 7.56. The van der Waals surface area contributed by atoms with Crippen molar-refractivity contribution in [2.75, 3.05) is 11.4 Å². The number of hydrogen-bond donors (Lipinski definition) is 1. The molecule has 1 fully saturated rings. The Kier molecular flexibility index (Phi) is 4.46. The molecule has 98 valence electrons. The summed E-state index contributed by atoms with van der Waals surface area (Å²) in [6, 6.07) is 6.41. The van der Waals surface area contributed by atoms with Gasteiger partial charge in [0.05, 0.1) is 10.7 Å². The zero-order chi connectivity index (χ0) is 13.1. The third-order valence-electron chi connectivity index (χ3n) is 3.59. The topological polar surface area (TPSA) is 29.3 Å². The maximum atomic E-state index is 6.37. The first-order valence-corrected chi connectivity index (χ1v) is 7.24. The molecule has 1 saturated heterocycles. The molecule has 0 bridgehead atoms. The van der Waals surface area contributed by atoms with E-state index in [1.165, 1.54) is 25.7 Å². The summed E-state index contributed by atoms with van der Waals surface area (Å²) in [4.78, 5) is 2.80. The Morgan fingerprint density at radius 3 is 2.83 bits per heavy atom. The van der Waals surface area contributed by atoms with E-state index in [-0.39, 0.29) is 0 Å². The van der Waals surface area contributed by atoms with Gasteiger partial charge in [-0.15, -0.1) is 0 Å². The van der Waals surface area contributed by atoms with Gasteiger partial charge in [0, 0.05) is 18.2 Å². The number of anilines is 1. The highest BCUT2D eigenvalue weighted by Gasteiger charge is 2.19. The molecule has 0 spiro atoms. The second-order valence-electron chi connectivity index (χ2n) is 4.92. The molecule has 2 N–H and O–H groups in total. The summed E-state index contributed by atoms with van der Waals surface area (Å²) >= 11 is 11.3. The molecule has 18 heavy (non-hydrogen) atoms. The number of nitrogens with zero attached hydrogens (tertiary/aromatic N) is 1. The van der Waals surface area contributed by atoms with Crippen LogP contribution in [0.3, 0.4) is 0 Å². The zero-order valence-electron chi connectivity index (χ0n) is 10.7. The highest BCUT2D eigenvalue weighted by molar-refractivity contribution is 7.80. The summed E-state index contributed by atoms with van der Waals surface area (Å²) in [6.45, 7) is 3.34. The lowest BCUT2D eigenvalue weighted by molar-refractivity contribution is 0.616. The second-order valence-corrected chi connectivity index (χ2v) is 5.77. The highest BCUT2D eigenvalue weighted by atomic mass is 35.5. The van der Waals surface area contributed by atoms with Crippen LogP contribution in [-0.4, -0.2) is 17.6 Å². The number of thiocarbonyl (C=S) groups is 1. The van der Waals surface area contributed by atoms with Crippen LogP contribution in [0.15, 0.2) is 18.2 Å². The fourth-order valence-corrected chi connectivity index (χ4v) is 2.94. The van der Waals surface area contributed by atoms with Crippen molar-refractivity contribution >= 4 is 34.5 Å². The van der Waals surface area contributed by atoms with E-state index in [9.17, 15) is 0 Å². The number of benzene rings is 1. The summed E-state index contributed by atoms with van der Waals surface area (Å²) < 4.78 is 0. The van der Waals surface area contributed by atoms with E-state index < -0.39 is 0 Å². The van der Waals surface area contributed by atoms with Gasteiger partial charge in [-0.25, -0.2) is 0 Å². The Hall–Kier alpha value is -0.800. The van der Waals surface area contributed by atoms with E-state index in [1.807, 2.05) is 18.2 Å². The second kappa shape index (κ2) is 5.89. The quantitative estimate of drug-likeness (QED) is 0.838. The first kappa shape index (κ1) is 13.6. The maximum Gasteiger partial charge on any atom is 0.104 e. The van der Waals surface area contributed by atoms with Crippen LogP contribution in [0, 0.1) is 0 Å². The van der Waals surface area contributed by atoms with Gasteiger partial charge in [-0.05, 0) is 38.0 Å². The lowest BCUT2D eigenvalue weighted by atomic mass is 10.1. The van der Waals surface area contributed by atoms with Crippen LogP contribution >= 0.6 is 23.8 Å². The molecule has 1 aliphatic rings. The summed E-state index contributed by atoms with van der Waals surface area (Å²) in [5, 5.41) is 0.744. The van der Waals surface area contributed by atoms with Crippen LogP contribution in [0.1, 0.15) is 38.2 Å². The standard InChI is InChI=1S/C14H19ClN2S/c1-10-5-3-2-4-8-17(10)13-7-6-11(14(16)18)9-12(13)15/h6-7,9-10H,2-5,8H2,1H3,(H2,16,18). The fraction of sp³-hybridized carbons (Fsp3) is 0.500. The average Bonchev–Trinajstić information content (AvgIpc) is 2.54. The predicted octanol–water partition coefficient (Wildman–Crippen LogP) is 3.74. The SMILES string of the molecule is CC1CCCCCN1c1ccc(C(N)=S)cc1Cl. The minimum atomic E-state index is 0.396. The van der Waals surface area contributed by atoms with E-state index in [4.69, 9.17) is 29.6 Å². The van der Waals surface area contributed by atoms with E-state index in [0.29, 0.717) is 11.0 Å². The Morgan fingerprint density at radius 1 is 1.39 bits per heavy atom. The average molecular weight is 283 g/mol. The minimum absolute atomic E-state index is 0.396. The molecule has 1 atom stereocenters. The van der Waals surface area contributed by atoms with Crippen LogP contribution in [0.5, 0.6) is 0 Å². The zero-order valence-corrected chi connectivity index (χ0v) is 12.2. The highest BCUT2D eigenvalue weighted by Crippen LogP contribution is 2.31. The molecule has 1 aromatic rings. The number of halogens is 1. The summed E-state index contributed by atoms with van der Waals surface area (Å²) in [6.07, 6.45) is 5.08. The van der Waals surface area contributed by atoms with Crippen molar-refractivity contribution in [2.45, 2.75) is 38.6 Å². The number of rotatable bonds is 2. The van der Waals surface area contributed by atoms with Crippen LogP contribution in [0.25, 0.3) is 0 Å². The van der Waals surface area contributed by atoms with Gasteiger partial charge in [-0.1, -0.05) is 36.7 Å². The van der Waals surface area contributed by atoms with Gasteiger partial charge < -0.3 is 10.6 Å². The van der Waals surface area contributed by atoms with Gasteiger partial charge >= 0.3 is 0 Å². The van der Waals surface area contributed by atoms with Crippen LogP contribution in [0.4, 0.5) is 5.69 Å². The largest absolute Gasteiger partial charge is 0.389 e. The third-order valence-corrected chi connectivity index (χ3v) is 4.13. The minimum Gasteiger partial charge on any atom is -0.389 e. The van der Waals surface area contributed by atoms with Crippen LogP contribution in [0.2, 0.25) is 5.02 Å². The molecule has 0 aromatic heterocycles. The smallest absolute Gasteiger partial charge is 0.104 e. The molecule has 1 aromatic carbocycles. The number of hydrogen-bond acceptors (Lipinski definition) is 2. The molecule has 1 unspecified atom stereocenters. The van der Waals surface area contributed by atoms with E-state index in [0.717, 1.165) is 22.8 Å². The van der Waals surface area contributed by atoms with Gasteiger partial charge in [0.25, 0.3) is 0 Å². The van der Waals surface area contributed by atoms with Crippen molar-refractivity contribution in [1.82, 2.24) is 0 Å². The van der Waals surface area contributed by atoms with Crippen molar-refractivity contribution < 1.29 is 0 Å². The Labute approximate surface area is 119 Å². The lowest BCUT2D eigenvalue weighted by Gasteiger charge is -2.30. The maximum absolute atomic E-state index is 6.37. The first-order valence-electron chi connectivity index (χ1n) is 6.45. The molecular weight excluding hydrogens is 264 g/mol. The van der Waals surface area contributed by atoms with Gasteiger partial charge in [0.2, 0.25) is 0 Å². The van der Waals surface area contributed by atoms with Crippen molar-refractivity contribution in [3.8, 4) is 0 Å². The lowest BCUT2D eigenvalue weighted by Crippen LogP contribution is -2.32. The van der Waals surface area contributed by atoms with E-state index in [2.05, 4.69) is 11.8 Å². The predicted molar refractivity (Wildman–Crippen MR) is 82.6 cm³/mol. The molecule has 0 radical (unpaired) electrons. The van der Waals surface area contributed by atoms with Gasteiger partial charge in [0.1, 0.15) is 4.99 Å². The van der Waals surface area contributed by atoms with E-state index in [1.54, 1.807) is 0 Å². The van der Waals surface area contributed by atoms with Gasteiger partial charge in [-0.2, -0.15) is 0 Å². The van der Waals surface area contributed by atoms with E-state index >= 15 is 0 Å². The molecule has 0 amide bonds. The Morgan fingerprint density at radius 2 is 2.17 bits per heavy atom. The molecule has 0 aliphatic carbocycles. The monoisotopic (exact) mass is 282 g/mol. The molecule has 2 rings (SSSR count). The molecular formula is C14H19ClN2S. The van der Waals surface area contributed by atoms with Crippen molar-refractivity contribution in [2.24, 2.45) is 5.73 Å². The molecule has 1 heterocycles. The van der Waals surface area contributed by atoms with Gasteiger partial charge in [0.15, 0.2) is 0 Å². The molecule has 0 saturated carbocycles. The summed E-state index contributed by atoms with van der Waals surface area (Å²) in [5.74, 6) is 0. The fourth-order valence-electron chi connectivity index (χ4n) is 2.53. The van der Waals surface area contributed by atoms with Crippen LogP contribution in [-0.2, 0) is 0 Å². The Balaban J connectivity index is 2.29. The molecule has 2 nitrogen and oxygen atoms in total. The number of nitrogens with two attached hydrogens (primary N) is 1. The molecule has 1 aliphatic heterocycles. The third kappa shape index (κ3) is 2.96. The van der Waals surface area contributed by atoms with Crippen molar-refractivity contribution in [3.05, 3.63) is 28.8 Å². The Bertz CT molecular complexity index is 447. The van der Waals surface area contributed by atoms with Gasteiger partial charge in [-0.3, -0.25) is 0 Å². The van der Waals surface area contributed by atoms with Crippen molar-refractivity contribution in [1.29, 1.82) is 0 Å². The van der Waals surface area contributed by atoms with Crippen molar-refractivity contribution in [3.63, 3.8) is 0 Å². The van der Waals surface area contributed by atoms with Crippen LogP contribution < -0.4 is 10.6 Å².